The van der Waals surface area contributed by atoms with E-state index in [1.54, 1.807) is 13.1 Å². The second kappa shape index (κ2) is 7.18. The lowest BCUT2D eigenvalue weighted by Crippen LogP contribution is -2.39. The van der Waals surface area contributed by atoms with E-state index in [2.05, 4.69) is 20.6 Å². The third-order valence-electron chi connectivity index (χ3n) is 3.63. The number of fused-ring (bicyclic) bond motifs is 1. The summed E-state index contributed by atoms with van der Waals surface area (Å²) in [6.07, 6.45) is 3.20. The zero-order chi connectivity index (χ0) is 16.9. The van der Waals surface area contributed by atoms with Gasteiger partial charge in [0.2, 0.25) is 0 Å². The molecule has 3 aromatic heterocycles. The monoisotopic (exact) mass is 327 g/mol. The Kier molecular flexibility index (Phi) is 4.81. The van der Waals surface area contributed by atoms with E-state index in [0.29, 0.717) is 24.8 Å². The Labute approximate surface area is 140 Å². The highest BCUT2D eigenvalue weighted by Crippen LogP contribution is 2.14. The lowest BCUT2D eigenvalue weighted by molar-refractivity contribution is 0.151. The summed E-state index contributed by atoms with van der Waals surface area (Å²) in [5.74, 6) is 1.91. The first-order valence-corrected chi connectivity index (χ1v) is 7.77. The van der Waals surface area contributed by atoms with Crippen molar-refractivity contribution in [3.05, 3.63) is 59.9 Å². The number of hydrogen-bond donors (Lipinski definition) is 3. The maximum Gasteiger partial charge on any atom is 0.191 e. The number of aliphatic hydroxyl groups excluding tert-OH is 1. The molecule has 0 aliphatic heterocycles. The normalized spacial score (nSPS) is 13.2. The van der Waals surface area contributed by atoms with Crippen molar-refractivity contribution in [1.82, 2.24) is 20.0 Å². The third kappa shape index (κ3) is 3.75. The molecule has 0 radical (unpaired) electrons. The Morgan fingerprint density at radius 2 is 2.21 bits per heavy atom. The number of nitrogens with one attached hydrogen (secondary N) is 2. The Morgan fingerprint density at radius 1 is 1.33 bits per heavy atom. The van der Waals surface area contributed by atoms with E-state index in [1.807, 2.05) is 48.0 Å². The zero-order valence-electron chi connectivity index (χ0n) is 13.7. The van der Waals surface area contributed by atoms with Gasteiger partial charge in [-0.05, 0) is 31.2 Å². The zero-order valence-corrected chi connectivity index (χ0v) is 13.7. The molecule has 0 aromatic carbocycles. The molecule has 0 bridgehead atoms. The van der Waals surface area contributed by atoms with Crippen molar-refractivity contribution in [3.63, 3.8) is 0 Å². The highest BCUT2D eigenvalue weighted by Gasteiger charge is 2.12. The van der Waals surface area contributed by atoms with Crippen LogP contribution in [0.5, 0.6) is 0 Å². The number of rotatable bonds is 5. The van der Waals surface area contributed by atoms with Crippen LogP contribution in [0.1, 0.15) is 23.3 Å². The quantitative estimate of drug-likeness (QED) is 0.490. The average Bonchev–Trinajstić information content (AvgIpc) is 3.20. The molecule has 24 heavy (non-hydrogen) atoms. The first kappa shape index (κ1) is 16.1. The van der Waals surface area contributed by atoms with E-state index in [-0.39, 0.29) is 0 Å². The molecule has 0 aliphatic carbocycles. The molecule has 0 fully saturated rings. The number of aliphatic imine (C=N–C) groups is 1. The molecule has 3 rings (SSSR count). The molecule has 0 amide bonds. The summed E-state index contributed by atoms with van der Waals surface area (Å²) in [6.45, 7) is 2.69. The van der Waals surface area contributed by atoms with Gasteiger partial charge in [0.25, 0.3) is 0 Å². The number of guanidine groups is 1. The van der Waals surface area contributed by atoms with Gasteiger partial charge in [-0.25, -0.2) is 4.98 Å². The molecule has 1 unspecified atom stereocenters. The number of aromatic nitrogens is 2. The van der Waals surface area contributed by atoms with Crippen molar-refractivity contribution in [3.8, 4) is 0 Å². The number of aryl methyl sites for hydroxylation is 1. The standard InChI is InChI=1S/C17H21N5O2/c1-12-6-7-15(24-12)14(23)10-20-17(18-2)19-9-13-11-22-8-4-3-5-16(22)21-13/h3-8,11,14,23H,9-10H2,1-2H3,(H2,18,19,20). The van der Waals surface area contributed by atoms with Crippen LogP contribution in [0.25, 0.3) is 5.65 Å². The van der Waals surface area contributed by atoms with Gasteiger partial charge in [0.05, 0.1) is 18.8 Å². The van der Waals surface area contributed by atoms with Crippen LogP contribution < -0.4 is 10.6 Å². The van der Waals surface area contributed by atoms with E-state index in [9.17, 15) is 5.11 Å². The van der Waals surface area contributed by atoms with Crippen molar-refractivity contribution < 1.29 is 9.52 Å². The van der Waals surface area contributed by atoms with Crippen LogP contribution in [-0.4, -0.2) is 34.0 Å². The Bertz CT molecular complexity index is 803. The van der Waals surface area contributed by atoms with Crippen molar-refractivity contribution in [1.29, 1.82) is 0 Å². The number of pyridine rings is 1. The maximum atomic E-state index is 10.1. The van der Waals surface area contributed by atoms with Gasteiger partial charge in [-0.1, -0.05) is 6.07 Å². The van der Waals surface area contributed by atoms with Crippen LogP contribution >= 0.6 is 0 Å². The summed E-state index contributed by atoms with van der Waals surface area (Å²) in [5, 5.41) is 16.4. The molecule has 7 nitrogen and oxygen atoms in total. The number of hydrogen-bond acceptors (Lipinski definition) is 4. The van der Waals surface area contributed by atoms with Gasteiger partial charge in [0, 0.05) is 19.4 Å². The van der Waals surface area contributed by atoms with Crippen LogP contribution in [-0.2, 0) is 6.54 Å². The summed E-state index contributed by atoms with van der Waals surface area (Å²) < 4.78 is 7.38. The van der Waals surface area contributed by atoms with Gasteiger partial charge >= 0.3 is 0 Å². The summed E-state index contributed by atoms with van der Waals surface area (Å²) in [6, 6.07) is 9.48. The second-order valence-corrected chi connectivity index (χ2v) is 5.47. The summed E-state index contributed by atoms with van der Waals surface area (Å²) in [5.41, 5.74) is 1.81. The van der Waals surface area contributed by atoms with Crippen molar-refractivity contribution >= 4 is 11.6 Å². The number of nitrogens with zero attached hydrogens (tertiary/aromatic N) is 3. The fourth-order valence-electron chi connectivity index (χ4n) is 2.39. The van der Waals surface area contributed by atoms with E-state index < -0.39 is 6.10 Å². The fourth-order valence-corrected chi connectivity index (χ4v) is 2.39. The summed E-state index contributed by atoms with van der Waals surface area (Å²) in [7, 11) is 1.68. The SMILES string of the molecule is CN=C(NCc1cn2ccccc2n1)NCC(O)c1ccc(C)o1. The third-order valence-corrected chi connectivity index (χ3v) is 3.63. The molecule has 1 atom stereocenters. The Balaban J connectivity index is 1.53. The van der Waals surface area contributed by atoms with Gasteiger partial charge in [0.1, 0.15) is 23.3 Å². The number of aliphatic hydroxyl groups is 1. The van der Waals surface area contributed by atoms with E-state index in [0.717, 1.165) is 17.1 Å². The van der Waals surface area contributed by atoms with Gasteiger partial charge in [-0.15, -0.1) is 0 Å². The second-order valence-electron chi connectivity index (χ2n) is 5.47. The molecule has 126 valence electrons. The van der Waals surface area contributed by atoms with Crippen LogP contribution in [0.2, 0.25) is 0 Å². The lowest BCUT2D eigenvalue weighted by Gasteiger charge is -2.13. The molecule has 7 heteroatoms. The fraction of sp³-hybridized carbons (Fsp3) is 0.294. The van der Waals surface area contributed by atoms with Crippen LogP contribution in [0.15, 0.2) is 52.1 Å². The molecular formula is C17H21N5O2. The predicted octanol–water partition coefficient (Wildman–Crippen LogP) is 1.63. The van der Waals surface area contributed by atoms with Gasteiger partial charge in [-0.3, -0.25) is 4.99 Å². The minimum Gasteiger partial charge on any atom is -0.464 e. The van der Waals surface area contributed by atoms with Crippen LogP contribution in [0, 0.1) is 6.92 Å². The highest BCUT2D eigenvalue weighted by molar-refractivity contribution is 5.79. The largest absolute Gasteiger partial charge is 0.464 e. The smallest absolute Gasteiger partial charge is 0.191 e. The predicted molar refractivity (Wildman–Crippen MR) is 91.8 cm³/mol. The number of furan rings is 1. The van der Waals surface area contributed by atoms with Gasteiger partial charge in [0.15, 0.2) is 5.96 Å². The highest BCUT2D eigenvalue weighted by atomic mass is 16.4. The molecule has 0 saturated heterocycles. The molecule has 3 heterocycles. The van der Waals surface area contributed by atoms with Gasteiger partial charge in [-0.2, -0.15) is 0 Å². The first-order valence-electron chi connectivity index (χ1n) is 7.77. The lowest BCUT2D eigenvalue weighted by atomic mass is 10.3. The van der Waals surface area contributed by atoms with Crippen molar-refractivity contribution in [2.45, 2.75) is 19.6 Å². The van der Waals surface area contributed by atoms with Gasteiger partial charge < -0.3 is 24.6 Å². The molecule has 3 N–H and O–H groups in total. The van der Waals surface area contributed by atoms with Crippen LogP contribution in [0.4, 0.5) is 0 Å². The van der Waals surface area contributed by atoms with Crippen molar-refractivity contribution in [2.75, 3.05) is 13.6 Å². The maximum absolute atomic E-state index is 10.1. The molecule has 0 saturated carbocycles. The van der Waals surface area contributed by atoms with Crippen LogP contribution in [0.3, 0.4) is 0 Å². The Hall–Kier alpha value is -2.80. The summed E-state index contributed by atoms with van der Waals surface area (Å²) >= 11 is 0. The Morgan fingerprint density at radius 3 is 2.92 bits per heavy atom. The number of imidazole rings is 1. The van der Waals surface area contributed by atoms with E-state index >= 15 is 0 Å². The molecule has 0 spiro atoms. The summed E-state index contributed by atoms with van der Waals surface area (Å²) in [4.78, 5) is 8.66. The molecule has 3 aromatic rings. The molecule has 0 aliphatic rings. The minimum absolute atomic E-state index is 0.303. The van der Waals surface area contributed by atoms with Crippen molar-refractivity contribution in [2.24, 2.45) is 4.99 Å². The van der Waals surface area contributed by atoms with E-state index in [4.69, 9.17) is 4.42 Å². The minimum atomic E-state index is -0.729. The van der Waals surface area contributed by atoms with E-state index in [1.165, 1.54) is 0 Å². The average molecular weight is 327 g/mol. The first-order chi connectivity index (χ1) is 11.7. The topological polar surface area (TPSA) is 87.1 Å². The molecular weight excluding hydrogens is 306 g/mol.